The highest BCUT2D eigenvalue weighted by Crippen LogP contribution is 2.17. The van der Waals surface area contributed by atoms with Crippen LogP contribution in [0.15, 0.2) is 30.5 Å². The second kappa shape index (κ2) is 8.76. The first-order valence-electron chi connectivity index (χ1n) is 8.08. The van der Waals surface area contributed by atoms with Crippen LogP contribution >= 0.6 is 0 Å². The van der Waals surface area contributed by atoms with E-state index < -0.39 is 12.4 Å². The second-order valence-electron chi connectivity index (χ2n) is 5.22. The van der Waals surface area contributed by atoms with Gasteiger partial charge in [0, 0.05) is 18.8 Å². The Bertz CT molecular complexity index is 577. The monoisotopic (exact) mass is 319 g/mol. The molecule has 6 heteroatoms. The van der Waals surface area contributed by atoms with E-state index in [9.17, 15) is 5.11 Å². The summed E-state index contributed by atoms with van der Waals surface area (Å²) in [7, 11) is 0. The highest BCUT2D eigenvalue weighted by atomic mass is 16.7. The van der Waals surface area contributed by atoms with E-state index >= 15 is 0 Å². The van der Waals surface area contributed by atoms with Gasteiger partial charge >= 0.3 is 0 Å². The van der Waals surface area contributed by atoms with Crippen molar-refractivity contribution in [2.75, 3.05) is 13.2 Å². The summed E-state index contributed by atoms with van der Waals surface area (Å²) in [6.45, 7) is 7.09. The molecule has 1 unspecified atom stereocenters. The normalized spacial score (nSPS) is 12.7. The molecule has 1 atom stereocenters. The van der Waals surface area contributed by atoms with Crippen molar-refractivity contribution in [3.63, 3.8) is 0 Å². The maximum atomic E-state index is 10.2. The zero-order valence-corrected chi connectivity index (χ0v) is 14.0. The molecule has 0 bridgehead atoms. The van der Waals surface area contributed by atoms with Gasteiger partial charge in [-0.05, 0) is 25.8 Å². The Kier molecular flexibility index (Phi) is 6.70. The van der Waals surface area contributed by atoms with Gasteiger partial charge in [0.2, 0.25) is 0 Å². The predicted octanol–water partition coefficient (Wildman–Crippen LogP) is 2.27. The molecule has 1 heterocycles. The lowest BCUT2D eigenvalue weighted by Crippen LogP contribution is -2.35. The van der Waals surface area contributed by atoms with E-state index in [1.54, 1.807) is 4.68 Å². The van der Waals surface area contributed by atoms with Gasteiger partial charge in [-0.2, -0.15) is 0 Å². The number of aliphatic hydroxyl groups is 1. The van der Waals surface area contributed by atoms with Crippen molar-refractivity contribution in [1.82, 2.24) is 15.0 Å². The van der Waals surface area contributed by atoms with Gasteiger partial charge < -0.3 is 14.6 Å². The van der Waals surface area contributed by atoms with E-state index in [-0.39, 0.29) is 6.54 Å². The summed E-state index contributed by atoms with van der Waals surface area (Å²) in [6, 6.07) is 8.24. The van der Waals surface area contributed by atoms with Crippen LogP contribution in [0.1, 0.15) is 26.3 Å². The summed E-state index contributed by atoms with van der Waals surface area (Å²) in [4.78, 5) is 0. The summed E-state index contributed by atoms with van der Waals surface area (Å²) in [6.07, 6.45) is 1.38. The Balaban J connectivity index is 2.03. The number of nitrogens with zero attached hydrogens (tertiary/aromatic N) is 3. The molecule has 0 saturated carbocycles. The number of aromatic nitrogens is 3. The fourth-order valence-electron chi connectivity index (χ4n) is 2.31. The molecule has 1 aromatic heterocycles. The number of hydrogen-bond donors (Lipinski definition) is 1. The Morgan fingerprint density at radius 2 is 1.74 bits per heavy atom. The average molecular weight is 319 g/mol. The molecule has 0 saturated heterocycles. The minimum Gasteiger partial charge on any atom is -0.386 e. The zero-order chi connectivity index (χ0) is 16.7. The maximum absolute atomic E-state index is 10.2. The fraction of sp³-hybridized carbons (Fsp3) is 0.529. The SMILES string of the molecule is CCOC(OCC)C(O)Cn1cc(-c2ccc(CC)cc2)nn1. The first-order valence-corrected chi connectivity index (χ1v) is 8.08. The molecule has 0 amide bonds. The van der Waals surface area contributed by atoms with Crippen LogP contribution in [-0.4, -0.2) is 45.7 Å². The number of hydrogen-bond acceptors (Lipinski definition) is 5. The summed E-state index contributed by atoms with van der Waals surface area (Å²) in [5, 5.41) is 18.5. The number of aryl methyl sites for hydroxylation is 1. The van der Waals surface area contributed by atoms with Gasteiger partial charge in [0.25, 0.3) is 0 Å². The van der Waals surface area contributed by atoms with Crippen molar-refractivity contribution in [1.29, 1.82) is 0 Å². The number of rotatable bonds is 9. The molecule has 23 heavy (non-hydrogen) atoms. The van der Waals surface area contributed by atoms with Crippen LogP contribution in [-0.2, 0) is 22.4 Å². The van der Waals surface area contributed by atoms with Crippen molar-refractivity contribution in [3.8, 4) is 11.3 Å². The fourth-order valence-corrected chi connectivity index (χ4v) is 2.31. The van der Waals surface area contributed by atoms with Crippen LogP contribution in [0.3, 0.4) is 0 Å². The number of ether oxygens (including phenoxy) is 2. The highest BCUT2D eigenvalue weighted by Gasteiger charge is 2.21. The van der Waals surface area contributed by atoms with Crippen molar-refractivity contribution >= 4 is 0 Å². The molecule has 0 spiro atoms. The molecule has 1 N–H and O–H groups in total. The topological polar surface area (TPSA) is 69.4 Å². The molecule has 0 aliphatic rings. The lowest BCUT2D eigenvalue weighted by molar-refractivity contribution is -0.192. The van der Waals surface area contributed by atoms with Crippen LogP contribution in [0.5, 0.6) is 0 Å². The molecule has 126 valence electrons. The molecular formula is C17H25N3O3. The molecule has 1 aromatic carbocycles. The van der Waals surface area contributed by atoms with Crippen molar-refractivity contribution in [3.05, 3.63) is 36.0 Å². The molecule has 2 rings (SSSR count). The van der Waals surface area contributed by atoms with Gasteiger partial charge in [0.05, 0.1) is 12.7 Å². The average Bonchev–Trinajstić information content (AvgIpc) is 3.03. The van der Waals surface area contributed by atoms with Crippen molar-refractivity contribution < 1.29 is 14.6 Å². The second-order valence-corrected chi connectivity index (χ2v) is 5.22. The zero-order valence-electron chi connectivity index (χ0n) is 14.0. The largest absolute Gasteiger partial charge is 0.386 e. The first-order chi connectivity index (χ1) is 11.2. The Morgan fingerprint density at radius 1 is 1.09 bits per heavy atom. The lowest BCUT2D eigenvalue weighted by atomic mass is 10.1. The quantitative estimate of drug-likeness (QED) is 0.718. The number of benzene rings is 1. The van der Waals surface area contributed by atoms with E-state index in [1.807, 2.05) is 32.2 Å². The van der Waals surface area contributed by atoms with Crippen molar-refractivity contribution in [2.24, 2.45) is 0 Å². The minimum atomic E-state index is -0.799. The van der Waals surface area contributed by atoms with E-state index in [0.717, 1.165) is 17.7 Å². The van der Waals surface area contributed by atoms with Gasteiger partial charge in [0.1, 0.15) is 11.8 Å². The lowest BCUT2D eigenvalue weighted by Gasteiger charge is -2.22. The summed E-state index contributed by atoms with van der Waals surface area (Å²) in [5.74, 6) is 0. The third kappa shape index (κ3) is 4.86. The minimum absolute atomic E-state index is 0.269. The summed E-state index contributed by atoms with van der Waals surface area (Å²) < 4.78 is 12.4. The van der Waals surface area contributed by atoms with Crippen LogP contribution in [0.2, 0.25) is 0 Å². The Hall–Kier alpha value is -1.76. The Labute approximate surface area is 137 Å². The summed E-state index contributed by atoms with van der Waals surface area (Å²) in [5.41, 5.74) is 3.08. The van der Waals surface area contributed by atoms with Crippen LogP contribution in [0, 0.1) is 0 Å². The third-order valence-electron chi connectivity index (χ3n) is 3.55. The highest BCUT2D eigenvalue weighted by molar-refractivity contribution is 5.57. The standard InChI is InChI=1S/C17H25N3O3/c1-4-13-7-9-14(10-8-13)15-11-20(19-18-15)12-16(21)17(22-5-2)23-6-3/h7-11,16-17,21H,4-6,12H2,1-3H3. The van der Waals surface area contributed by atoms with Crippen LogP contribution < -0.4 is 0 Å². The molecular weight excluding hydrogens is 294 g/mol. The molecule has 0 fully saturated rings. The molecule has 6 nitrogen and oxygen atoms in total. The molecule has 0 aliphatic heterocycles. The summed E-state index contributed by atoms with van der Waals surface area (Å²) >= 11 is 0. The van der Waals surface area contributed by atoms with Gasteiger partial charge in [0.15, 0.2) is 6.29 Å². The number of aliphatic hydroxyl groups excluding tert-OH is 1. The van der Waals surface area contributed by atoms with Gasteiger partial charge in [-0.15, -0.1) is 5.10 Å². The predicted molar refractivity (Wildman–Crippen MR) is 87.9 cm³/mol. The maximum Gasteiger partial charge on any atom is 0.185 e. The van der Waals surface area contributed by atoms with Gasteiger partial charge in [-0.25, -0.2) is 4.68 Å². The third-order valence-corrected chi connectivity index (χ3v) is 3.55. The van der Waals surface area contributed by atoms with E-state index in [4.69, 9.17) is 9.47 Å². The van der Waals surface area contributed by atoms with E-state index in [1.165, 1.54) is 5.56 Å². The molecule has 0 aliphatic carbocycles. The molecule has 0 radical (unpaired) electrons. The van der Waals surface area contributed by atoms with E-state index in [0.29, 0.717) is 13.2 Å². The van der Waals surface area contributed by atoms with Crippen molar-refractivity contribution in [2.45, 2.75) is 46.1 Å². The smallest absolute Gasteiger partial charge is 0.185 e. The molecule has 2 aromatic rings. The van der Waals surface area contributed by atoms with E-state index in [2.05, 4.69) is 29.4 Å². The van der Waals surface area contributed by atoms with Crippen LogP contribution in [0.25, 0.3) is 11.3 Å². The first kappa shape index (κ1) is 17.6. The Morgan fingerprint density at radius 3 is 2.30 bits per heavy atom. The van der Waals surface area contributed by atoms with Gasteiger partial charge in [-0.1, -0.05) is 36.4 Å². The van der Waals surface area contributed by atoms with Crippen LogP contribution in [0.4, 0.5) is 0 Å². The van der Waals surface area contributed by atoms with Gasteiger partial charge in [-0.3, -0.25) is 0 Å².